The fourth-order valence-electron chi connectivity index (χ4n) is 10.0. The van der Waals surface area contributed by atoms with Gasteiger partial charge in [-0.1, -0.05) is 294 Å². The van der Waals surface area contributed by atoms with Gasteiger partial charge in [-0.15, -0.1) is 0 Å². The van der Waals surface area contributed by atoms with Gasteiger partial charge in [0.05, 0.1) is 33.8 Å². The van der Waals surface area contributed by atoms with E-state index in [9.17, 15) is 19.0 Å². The zero-order valence-corrected chi connectivity index (χ0v) is 54.0. The van der Waals surface area contributed by atoms with Gasteiger partial charge in [0.15, 0.2) is 0 Å². The summed E-state index contributed by atoms with van der Waals surface area (Å²) in [6.07, 6.45) is 74.0. The minimum absolute atomic E-state index is 0.0368. The lowest BCUT2D eigenvalue weighted by molar-refractivity contribution is -0.870. The molecule has 0 fully saturated rings. The fraction of sp³-hybridized carbons (Fsp3) is 0.855. The average Bonchev–Trinajstić information content (AvgIpc) is 3.41. The average molecular weight is 1130 g/mol. The fourth-order valence-corrected chi connectivity index (χ4v) is 10.7. The number of hydrogen-bond acceptors (Lipinski definition) is 6. The number of ether oxygens (including phenoxy) is 1. The van der Waals surface area contributed by atoms with Crippen LogP contribution in [0.15, 0.2) is 48.6 Å². The zero-order chi connectivity index (χ0) is 57.9. The van der Waals surface area contributed by atoms with Crippen molar-refractivity contribution in [3.8, 4) is 0 Å². The second kappa shape index (κ2) is 59.1. The van der Waals surface area contributed by atoms with E-state index in [1.54, 1.807) is 0 Å². The molecule has 0 aliphatic heterocycles. The number of unbranched alkanes of at least 4 members (excludes halogenated alkanes) is 40. The molecule has 3 atom stereocenters. The van der Waals surface area contributed by atoms with Gasteiger partial charge in [-0.25, -0.2) is 4.57 Å². The van der Waals surface area contributed by atoms with Crippen LogP contribution in [0.5, 0.6) is 0 Å². The van der Waals surface area contributed by atoms with E-state index in [-0.39, 0.29) is 25.1 Å². The van der Waals surface area contributed by atoms with Crippen LogP contribution in [0.25, 0.3) is 0 Å². The highest BCUT2D eigenvalue weighted by atomic mass is 31.2. The summed E-state index contributed by atoms with van der Waals surface area (Å²) in [5.74, 6) is -0.515. The van der Waals surface area contributed by atoms with E-state index >= 15 is 0 Å². The van der Waals surface area contributed by atoms with E-state index in [2.05, 4.69) is 62.5 Å². The third-order valence-electron chi connectivity index (χ3n) is 15.3. The molecular weight excluding hydrogens is 1000 g/mol. The Morgan fingerprint density at radius 3 is 1.18 bits per heavy atom. The molecule has 0 spiro atoms. The topological polar surface area (TPSA) is 111 Å². The monoisotopic (exact) mass is 1130 g/mol. The van der Waals surface area contributed by atoms with Crippen LogP contribution in [-0.4, -0.2) is 74.3 Å². The van der Waals surface area contributed by atoms with Crippen LogP contribution >= 0.6 is 7.82 Å². The number of quaternary nitrogens is 1. The lowest BCUT2D eigenvalue weighted by Crippen LogP contribution is -2.47. The SMILES string of the molecule is CCCCC/C=C\C/C=C\C/C=C\CCCCCCC(=O)NC(COP(=O)(O)OCC[N+](C)(C)C)C(/C=C\CCCCCCCCCCCCC)OC(=O)CCCCCCCCCCCCCCCCCCCCCCCCC. The number of rotatable bonds is 62. The Bertz CT molecular complexity index is 1490. The van der Waals surface area contributed by atoms with Gasteiger partial charge in [0, 0.05) is 12.8 Å². The third kappa shape index (κ3) is 60.4. The van der Waals surface area contributed by atoms with Gasteiger partial charge >= 0.3 is 13.8 Å². The van der Waals surface area contributed by atoms with Gasteiger partial charge in [0.2, 0.25) is 5.91 Å². The van der Waals surface area contributed by atoms with Crippen molar-refractivity contribution in [3.05, 3.63) is 48.6 Å². The molecule has 0 rings (SSSR count). The Morgan fingerprint density at radius 1 is 0.443 bits per heavy atom. The number of likely N-dealkylation sites (N-methyl/N-ethyl adjacent to an activating group) is 1. The van der Waals surface area contributed by atoms with Crippen LogP contribution < -0.4 is 5.32 Å². The molecule has 1 amide bonds. The van der Waals surface area contributed by atoms with Crippen molar-refractivity contribution in [1.29, 1.82) is 0 Å². The molecule has 79 heavy (non-hydrogen) atoms. The summed E-state index contributed by atoms with van der Waals surface area (Å²) in [5.41, 5.74) is 0. The highest BCUT2D eigenvalue weighted by Gasteiger charge is 2.30. The van der Waals surface area contributed by atoms with Crippen molar-refractivity contribution < 1.29 is 37.3 Å². The number of phosphoric ester groups is 1. The molecule has 0 aromatic rings. The van der Waals surface area contributed by atoms with Crippen molar-refractivity contribution in [1.82, 2.24) is 5.32 Å². The molecule has 10 heteroatoms. The number of hydrogen-bond donors (Lipinski definition) is 2. The Hall–Kier alpha value is -2.03. The van der Waals surface area contributed by atoms with Gasteiger partial charge < -0.3 is 19.4 Å². The maximum atomic E-state index is 13.6. The largest absolute Gasteiger partial charge is 0.472 e. The van der Waals surface area contributed by atoms with Crippen molar-refractivity contribution in [3.63, 3.8) is 0 Å². The summed E-state index contributed by atoms with van der Waals surface area (Å²) < 4.78 is 30.8. The molecule has 0 saturated heterocycles. The minimum Gasteiger partial charge on any atom is -0.456 e. The number of esters is 1. The Labute approximate surface area is 490 Å². The molecule has 0 bridgehead atoms. The molecule has 0 radical (unpaired) electrons. The first-order chi connectivity index (χ1) is 38.4. The van der Waals surface area contributed by atoms with Crippen molar-refractivity contribution >= 4 is 19.7 Å². The number of amides is 1. The van der Waals surface area contributed by atoms with E-state index in [1.807, 2.05) is 33.3 Å². The number of carbonyl (C=O) groups excluding carboxylic acids is 2. The van der Waals surface area contributed by atoms with Crippen LogP contribution in [0, 0.1) is 0 Å². The summed E-state index contributed by atoms with van der Waals surface area (Å²) >= 11 is 0. The Kier molecular flexibility index (Phi) is 57.6. The number of nitrogens with one attached hydrogen (secondary N) is 1. The molecule has 464 valence electrons. The minimum atomic E-state index is -4.46. The van der Waals surface area contributed by atoms with Crippen LogP contribution in [-0.2, 0) is 27.9 Å². The highest BCUT2D eigenvalue weighted by molar-refractivity contribution is 7.47. The maximum Gasteiger partial charge on any atom is 0.472 e. The predicted molar refractivity (Wildman–Crippen MR) is 342 cm³/mol. The summed E-state index contributed by atoms with van der Waals surface area (Å²) in [6, 6.07) is -0.858. The summed E-state index contributed by atoms with van der Waals surface area (Å²) in [6.45, 7) is 7.01. The second-order valence-electron chi connectivity index (χ2n) is 24.4. The number of phosphoric acid groups is 1. The van der Waals surface area contributed by atoms with E-state index in [0.29, 0.717) is 23.9 Å². The number of nitrogens with zero attached hydrogens (tertiary/aromatic N) is 1. The summed E-state index contributed by atoms with van der Waals surface area (Å²) in [7, 11) is 1.49. The van der Waals surface area contributed by atoms with Gasteiger partial charge in [-0.2, -0.15) is 0 Å². The first kappa shape index (κ1) is 77.0. The van der Waals surface area contributed by atoms with E-state index in [0.717, 1.165) is 83.5 Å². The van der Waals surface area contributed by atoms with Crippen LogP contribution in [0.1, 0.15) is 329 Å². The van der Waals surface area contributed by atoms with Gasteiger partial charge in [0.25, 0.3) is 0 Å². The molecule has 0 aliphatic rings. The van der Waals surface area contributed by atoms with Crippen molar-refractivity contribution in [2.75, 3.05) is 40.9 Å². The molecule has 2 N–H and O–H groups in total. The third-order valence-corrected chi connectivity index (χ3v) is 16.3. The molecule has 0 saturated carbocycles. The first-order valence-corrected chi connectivity index (χ1v) is 35.5. The standard InChI is InChI=1S/C69H131N2O7P/c1-7-10-13-16-19-22-25-28-30-32-33-34-35-36-37-39-41-44-47-50-53-56-59-62-69(73)78-67(60-57-54-51-48-45-42-27-24-21-18-15-12-9-3)66(65-77-79(74,75)76-64-63-71(4,5)6)70-68(72)61-58-55-52-49-46-43-40-38-31-29-26-23-20-17-14-11-8-2/h20,23,29,31,40,43,57,60,66-67H,7-19,21-22,24-28,30,32-39,41-42,44-56,58-59,61-65H2,1-6H3,(H-,70,72,74,75)/p+1/b23-20-,31-29-,43-40-,60-57-. The molecule has 0 heterocycles. The second-order valence-corrected chi connectivity index (χ2v) is 25.8. The summed E-state index contributed by atoms with van der Waals surface area (Å²) in [4.78, 5) is 37.8. The highest BCUT2D eigenvalue weighted by Crippen LogP contribution is 2.43. The molecule has 9 nitrogen and oxygen atoms in total. The number of allylic oxidation sites excluding steroid dienone is 7. The molecule has 0 aliphatic carbocycles. The van der Waals surface area contributed by atoms with Gasteiger partial charge in [-0.05, 0) is 70.3 Å². The molecule has 0 aromatic heterocycles. The van der Waals surface area contributed by atoms with Crippen LogP contribution in [0.4, 0.5) is 0 Å². The first-order valence-electron chi connectivity index (χ1n) is 34.0. The predicted octanol–water partition coefficient (Wildman–Crippen LogP) is 21.2. The maximum absolute atomic E-state index is 13.6. The van der Waals surface area contributed by atoms with Crippen molar-refractivity contribution in [2.24, 2.45) is 0 Å². The van der Waals surface area contributed by atoms with Crippen LogP contribution in [0.2, 0.25) is 0 Å². The van der Waals surface area contributed by atoms with E-state index < -0.39 is 20.0 Å². The van der Waals surface area contributed by atoms with E-state index in [4.69, 9.17) is 13.8 Å². The zero-order valence-electron chi connectivity index (χ0n) is 53.1. The lowest BCUT2D eigenvalue weighted by atomic mass is 10.0. The van der Waals surface area contributed by atoms with Gasteiger partial charge in [0.1, 0.15) is 19.3 Å². The normalized spacial score (nSPS) is 13.9. The Morgan fingerprint density at radius 2 is 0.772 bits per heavy atom. The van der Waals surface area contributed by atoms with E-state index in [1.165, 1.54) is 212 Å². The smallest absolute Gasteiger partial charge is 0.456 e. The quantitative estimate of drug-likeness (QED) is 0.0205. The Balaban J connectivity index is 5.16. The molecule has 0 aromatic carbocycles. The number of carbonyl (C=O) groups is 2. The van der Waals surface area contributed by atoms with Crippen molar-refractivity contribution in [2.45, 2.75) is 341 Å². The van der Waals surface area contributed by atoms with Gasteiger partial charge in [-0.3, -0.25) is 18.6 Å². The lowest BCUT2D eigenvalue weighted by Gasteiger charge is -2.27. The van der Waals surface area contributed by atoms with Crippen LogP contribution in [0.3, 0.4) is 0 Å². The summed E-state index contributed by atoms with van der Waals surface area (Å²) in [5, 5.41) is 3.06. The molecular formula is C69H132N2O7P+. The molecule has 3 unspecified atom stereocenters.